The third-order valence-electron chi connectivity index (χ3n) is 2.18. The van der Waals surface area contributed by atoms with E-state index in [0.29, 0.717) is 0 Å². The second kappa shape index (κ2) is 5.35. The molecule has 0 bridgehead atoms. The van der Waals surface area contributed by atoms with E-state index in [4.69, 9.17) is 4.74 Å². The largest absolute Gasteiger partial charge is 0.458 e. The molecule has 0 N–H and O–H groups in total. The normalized spacial score (nSPS) is 13.4. The van der Waals surface area contributed by atoms with Gasteiger partial charge in [0, 0.05) is 6.92 Å². The number of carbonyl (C=O) groups is 1. The van der Waals surface area contributed by atoms with Gasteiger partial charge in [-0.15, -0.1) is 0 Å². The Morgan fingerprint density at radius 1 is 1.27 bits per heavy atom. The predicted octanol–water partition coefficient (Wildman–Crippen LogP) is 3.04. The van der Waals surface area contributed by atoms with Crippen molar-refractivity contribution in [3.05, 3.63) is 41.5 Å². The average molecular weight is 204 g/mol. The lowest BCUT2D eigenvalue weighted by molar-refractivity contribution is -0.143. The molecule has 0 aromatic heterocycles. The molecule has 1 aromatic rings. The molecule has 0 heterocycles. The quantitative estimate of drug-likeness (QED) is 0.707. The minimum Gasteiger partial charge on any atom is -0.458 e. The zero-order chi connectivity index (χ0) is 11.3. The highest BCUT2D eigenvalue weighted by Gasteiger charge is 2.06. The van der Waals surface area contributed by atoms with Crippen LogP contribution in [0.4, 0.5) is 0 Å². The molecule has 0 saturated carbocycles. The maximum atomic E-state index is 10.8. The van der Waals surface area contributed by atoms with Gasteiger partial charge in [0.2, 0.25) is 0 Å². The molecule has 1 rings (SSSR count). The monoisotopic (exact) mass is 204 g/mol. The minimum absolute atomic E-state index is 0.164. The summed E-state index contributed by atoms with van der Waals surface area (Å²) in [6.07, 6.45) is 1.86. The first-order valence-electron chi connectivity index (χ1n) is 5.00. The Bertz CT molecular complexity index is 352. The van der Waals surface area contributed by atoms with Crippen molar-refractivity contribution in [1.29, 1.82) is 0 Å². The summed E-state index contributed by atoms with van der Waals surface area (Å²) in [5, 5.41) is 0. The molecule has 0 saturated heterocycles. The van der Waals surface area contributed by atoms with Crippen LogP contribution in [-0.4, -0.2) is 12.1 Å². The fraction of sp³-hybridized carbons (Fsp3) is 0.308. The van der Waals surface area contributed by atoms with E-state index < -0.39 is 0 Å². The van der Waals surface area contributed by atoms with Crippen molar-refractivity contribution in [3.8, 4) is 0 Å². The Labute approximate surface area is 90.6 Å². The van der Waals surface area contributed by atoms with Gasteiger partial charge >= 0.3 is 5.97 Å². The highest BCUT2D eigenvalue weighted by atomic mass is 16.5. The SMILES string of the molecule is CC(=O)O[C@H](C)C(C)=Cc1ccccc1. The highest BCUT2D eigenvalue weighted by molar-refractivity contribution is 5.67. The number of benzene rings is 1. The van der Waals surface area contributed by atoms with Crippen LogP contribution in [-0.2, 0) is 9.53 Å². The van der Waals surface area contributed by atoms with Crippen molar-refractivity contribution in [2.75, 3.05) is 0 Å². The van der Waals surface area contributed by atoms with Gasteiger partial charge in [-0.25, -0.2) is 0 Å². The van der Waals surface area contributed by atoms with E-state index in [-0.39, 0.29) is 12.1 Å². The van der Waals surface area contributed by atoms with E-state index in [2.05, 4.69) is 0 Å². The summed E-state index contributed by atoms with van der Waals surface area (Å²) in [6.45, 7) is 5.25. The Hall–Kier alpha value is -1.57. The van der Waals surface area contributed by atoms with Gasteiger partial charge < -0.3 is 4.74 Å². The number of hydrogen-bond acceptors (Lipinski definition) is 2. The lowest BCUT2D eigenvalue weighted by Crippen LogP contribution is -2.13. The summed E-state index contributed by atoms with van der Waals surface area (Å²) in [5.41, 5.74) is 2.16. The van der Waals surface area contributed by atoms with E-state index in [9.17, 15) is 4.79 Å². The molecular weight excluding hydrogens is 188 g/mol. The molecule has 15 heavy (non-hydrogen) atoms. The van der Waals surface area contributed by atoms with Crippen molar-refractivity contribution in [3.63, 3.8) is 0 Å². The van der Waals surface area contributed by atoms with E-state index in [1.54, 1.807) is 0 Å². The van der Waals surface area contributed by atoms with Gasteiger partial charge in [0.05, 0.1) is 0 Å². The van der Waals surface area contributed by atoms with Gasteiger partial charge in [0.1, 0.15) is 6.10 Å². The molecule has 0 aliphatic carbocycles. The molecule has 0 unspecified atom stereocenters. The topological polar surface area (TPSA) is 26.3 Å². The molecule has 80 valence electrons. The van der Waals surface area contributed by atoms with Crippen molar-refractivity contribution in [1.82, 2.24) is 0 Å². The van der Waals surface area contributed by atoms with E-state index in [1.807, 2.05) is 50.3 Å². The van der Waals surface area contributed by atoms with Gasteiger partial charge in [-0.2, -0.15) is 0 Å². The summed E-state index contributed by atoms with van der Waals surface area (Å²) in [6, 6.07) is 9.97. The maximum Gasteiger partial charge on any atom is 0.303 e. The lowest BCUT2D eigenvalue weighted by Gasteiger charge is -2.12. The second-order valence-corrected chi connectivity index (χ2v) is 3.55. The summed E-state index contributed by atoms with van der Waals surface area (Å²) in [5.74, 6) is -0.247. The van der Waals surface area contributed by atoms with Gasteiger partial charge in [0.25, 0.3) is 0 Å². The van der Waals surface area contributed by atoms with Gasteiger partial charge in [0.15, 0.2) is 0 Å². The van der Waals surface area contributed by atoms with Crippen LogP contribution in [0, 0.1) is 0 Å². The molecule has 2 nitrogen and oxygen atoms in total. The highest BCUT2D eigenvalue weighted by Crippen LogP contribution is 2.11. The molecule has 1 atom stereocenters. The number of rotatable bonds is 3. The first-order valence-corrected chi connectivity index (χ1v) is 5.00. The smallest absolute Gasteiger partial charge is 0.303 e. The fourth-order valence-corrected chi connectivity index (χ4v) is 1.27. The molecule has 1 aromatic carbocycles. The first-order chi connectivity index (χ1) is 7.09. The zero-order valence-corrected chi connectivity index (χ0v) is 9.36. The van der Waals surface area contributed by atoms with Crippen molar-refractivity contribution >= 4 is 12.0 Å². The molecule has 0 amide bonds. The molecule has 0 radical (unpaired) electrons. The van der Waals surface area contributed by atoms with E-state index >= 15 is 0 Å². The Morgan fingerprint density at radius 2 is 1.87 bits per heavy atom. The van der Waals surface area contributed by atoms with Crippen molar-refractivity contribution < 1.29 is 9.53 Å². The molecule has 0 spiro atoms. The Kier molecular flexibility index (Phi) is 4.10. The number of hydrogen-bond donors (Lipinski definition) is 0. The average Bonchev–Trinajstić information content (AvgIpc) is 2.18. The van der Waals surface area contributed by atoms with Crippen LogP contribution in [0.3, 0.4) is 0 Å². The molecule has 0 fully saturated rings. The van der Waals surface area contributed by atoms with Gasteiger partial charge in [-0.3, -0.25) is 4.79 Å². The van der Waals surface area contributed by atoms with Crippen LogP contribution in [0.2, 0.25) is 0 Å². The third-order valence-corrected chi connectivity index (χ3v) is 2.18. The molecule has 0 aliphatic heterocycles. The van der Waals surface area contributed by atoms with E-state index in [0.717, 1.165) is 11.1 Å². The first kappa shape index (κ1) is 11.5. The third kappa shape index (κ3) is 3.98. The van der Waals surface area contributed by atoms with Crippen molar-refractivity contribution in [2.45, 2.75) is 26.9 Å². The van der Waals surface area contributed by atoms with Crippen LogP contribution in [0.5, 0.6) is 0 Å². The minimum atomic E-state index is -0.247. The number of esters is 1. The van der Waals surface area contributed by atoms with E-state index in [1.165, 1.54) is 6.92 Å². The van der Waals surface area contributed by atoms with Crippen LogP contribution in [0.25, 0.3) is 6.08 Å². The molecular formula is C13H16O2. The van der Waals surface area contributed by atoms with Crippen LogP contribution in [0.15, 0.2) is 35.9 Å². The van der Waals surface area contributed by atoms with Gasteiger partial charge in [-0.1, -0.05) is 36.4 Å². The summed E-state index contributed by atoms with van der Waals surface area (Å²) in [4.78, 5) is 10.8. The van der Waals surface area contributed by atoms with Crippen LogP contribution in [0.1, 0.15) is 26.3 Å². The second-order valence-electron chi connectivity index (χ2n) is 3.55. The molecule has 2 heteroatoms. The molecule has 0 aliphatic rings. The lowest BCUT2D eigenvalue weighted by atomic mass is 10.1. The summed E-state index contributed by atoms with van der Waals surface area (Å²) >= 11 is 0. The van der Waals surface area contributed by atoms with Crippen molar-refractivity contribution in [2.24, 2.45) is 0 Å². The fourth-order valence-electron chi connectivity index (χ4n) is 1.27. The van der Waals surface area contributed by atoms with Gasteiger partial charge in [-0.05, 0) is 25.0 Å². The predicted molar refractivity (Wildman–Crippen MR) is 61.3 cm³/mol. The standard InChI is InChI=1S/C13H16O2/c1-10(11(2)15-12(3)14)9-13-7-5-4-6-8-13/h4-9,11H,1-3H3/t11-/m1/s1. The summed E-state index contributed by atoms with van der Waals surface area (Å²) < 4.78 is 5.08. The van der Waals surface area contributed by atoms with Crippen LogP contribution >= 0.6 is 0 Å². The van der Waals surface area contributed by atoms with Crippen LogP contribution < -0.4 is 0 Å². The Balaban J connectivity index is 2.71. The number of carbonyl (C=O) groups excluding carboxylic acids is 1. The maximum absolute atomic E-state index is 10.8. The number of ether oxygens (including phenoxy) is 1. The Morgan fingerprint density at radius 3 is 2.40 bits per heavy atom. The zero-order valence-electron chi connectivity index (χ0n) is 9.36. The summed E-state index contributed by atoms with van der Waals surface area (Å²) in [7, 11) is 0.